The van der Waals surface area contributed by atoms with Crippen molar-refractivity contribution in [3.8, 4) is 0 Å². The molecule has 0 saturated carbocycles. The van der Waals surface area contributed by atoms with Crippen LogP contribution in [0.4, 0.5) is 4.39 Å². The van der Waals surface area contributed by atoms with Crippen molar-refractivity contribution in [3.05, 3.63) is 35.6 Å². The monoisotopic (exact) mass is 295 g/mol. The van der Waals surface area contributed by atoms with Crippen molar-refractivity contribution < 1.29 is 9.13 Å². The van der Waals surface area contributed by atoms with Crippen LogP contribution in [0.25, 0.3) is 0 Å². The highest BCUT2D eigenvalue weighted by Crippen LogP contribution is 2.33. The molecule has 0 amide bonds. The number of nitrogens with one attached hydrogen (secondary N) is 1. The fourth-order valence-corrected chi connectivity index (χ4v) is 2.79. The van der Waals surface area contributed by atoms with E-state index in [-0.39, 0.29) is 11.2 Å². The molecule has 0 aliphatic carbocycles. The zero-order valence-corrected chi connectivity index (χ0v) is 13.8. The second-order valence-corrected chi connectivity index (χ2v) is 5.89. The van der Waals surface area contributed by atoms with Crippen LogP contribution in [0.5, 0.6) is 0 Å². The van der Waals surface area contributed by atoms with Gasteiger partial charge in [-0.25, -0.2) is 4.39 Å². The Morgan fingerprint density at radius 1 is 1.24 bits per heavy atom. The molecule has 120 valence electrons. The van der Waals surface area contributed by atoms with Crippen molar-refractivity contribution in [3.63, 3.8) is 0 Å². The van der Waals surface area contributed by atoms with Gasteiger partial charge in [-0.3, -0.25) is 0 Å². The van der Waals surface area contributed by atoms with E-state index < -0.39 is 0 Å². The highest BCUT2D eigenvalue weighted by Gasteiger charge is 2.28. The van der Waals surface area contributed by atoms with Crippen LogP contribution in [0, 0.1) is 11.2 Å². The van der Waals surface area contributed by atoms with Gasteiger partial charge in [-0.15, -0.1) is 0 Å². The molecule has 0 spiro atoms. The van der Waals surface area contributed by atoms with E-state index in [0.717, 1.165) is 37.9 Å². The van der Waals surface area contributed by atoms with E-state index in [1.807, 2.05) is 12.1 Å². The molecule has 0 aliphatic heterocycles. The average molecular weight is 295 g/mol. The minimum atomic E-state index is -0.0799. The van der Waals surface area contributed by atoms with Gasteiger partial charge in [-0.05, 0) is 36.3 Å². The first-order valence-electron chi connectivity index (χ1n) is 8.10. The Balaban J connectivity index is 2.76. The van der Waals surface area contributed by atoms with E-state index >= 15 is 0 Å². The van der Waals surface area contributed by atoms with Gasteiger partial charge < -0.3 is 10.1 Å². The lowest BCUT2D eigenvalue weighted by atomic mass is 9.75. The molecule has 1 rings (SSSR count). The van der Waals surface area contributed by atoms with Crippen molar-refractivity contribution in [2.24, 2.45) is 5.41 Å². The maximum absolute atomic E-state index is 14.0. The van der Waals surface area contributed by atoms with Gasteiger partial charge in [-0.2, -0.15) is 0 Å². The summed E-state index contributed by atoms with van der Waals surface area (Å²) in [6.45, 7) is 6.91. The first kappa shape index (κ1) is 18.1. The number of ether oxygens (including phenoxy) is 1. The zero-order valence-electron chi connectivity index (χ0n) is 13.8. The van der Waals surface area contributed by atoms with Crippen LogP contribution >= 0.6 is 0 Å². The van der Waals surface area contributed by atoms with Crippen LogP contribution in [-0.4, -0.2) is 26.8 Å². The fourth-order valence-electron chi connectivity index (χ4n) is 2.79. The van der Waals surface area contributed by atoms with Crippen molar-refractivity contribution in [1.29, 1.82) is 0 Å². The van der Waals surface area contributed by atoms with Crippen molar-refractivity contribution in [1.82, 2.24) is 5.32 Å². The minimum Gasteiger partial charge on any atom is -0.383 e. The Kier molecular flexibility index (Phi) is 8.55. The summed E-state index contributed by atoms with van der Waals surface area (Å²) < 4.78 is 19.1. The van der Waals surface area contributed by atoms with Crippen molar-refractivity contribution in [2.75, 3.05) is 26.8 Å². The third kappa shape index (κ3) is 6.15. The largest absolute Gasteiger partial charge is 0.383 e. The van der Waals surface area contributed by atoms with Gasteiger partial charge in [0.05, 0.1) is 6.61 Å². The zero-order chi connectivity index (χ0) is 15.6. The third-order valence-corrected chi connectivity index (χ3v) is 4.32. The van der Waals surface area contributed by atoms with E-state index in [0.29, 0.717) is 6.61 Å². The summed E-state index contributed by atoms with van der Waals surface area (Å²) in [4.78, 5) is 0. The lowest BCUT2D eigenvalue weighted by Crippen LogP contribution is -2.37. The summed E-state index contributed by atoms with van der Waals surface area (Å²) in [5, 5.41) is 3.48. The molecule has 0 aliphatic rings. The van der Waals surface area contributed by atoms with Crippen LogP contribution < -0.4 is 5.32 Å². The number of halogens is 1. The number of rotatable bonds is 11. The SMILES string of the molecule is CCCCC(CC)(CNCCOC)Cc1ccccc1F. The number of hydrogen-bond donors (Lipinski definition) is 1. The van der Waals surface area contributed by atoms with Gasteiger partial charge in [0.1, 0.15) is 5.82 Å². The van der Waals surface area contributed by atoms with Crippen LogP contribution in [0.1, 0.15) is 45.1 Å². The summed E-state index contributed by atoms with van der Waals surface area (Å²) >= 11 is 0. The molecule has 2 nitrogen and oxygen atoms in total. The van der Waals surface area contributed by atoms with Gasteiger partial charge in [-0.1, -0.05) is 44.9 Å². The minimum absolute atomic E-state index is 0.0799. The maximum atomic E-state index is 14.0. The molecule has 21 heavy (non-hydrogen) atoms. The quantitative estimate of drug-likeness (QED) is 0.618. The molecule has 0 aromatic heterocycles. The standard InChI is InChI=1S/C18H30FNO/c1-4-6-11-18(5-2,15-20-12-13-21-3)14-16-9-7-8-10-17(16)19/h7-10,20H,4-6,11-15H2,1-3H3. The number of unbranched alkanes of at least 4 members (excludes halogenated alkanes) is 1. The fraction of sp³-hybridized carbons (Fsp3) is 0.667. The molecular weight excluding hydrogens is 265 g/mol. The average Bonchev–Trinajstić information content (AvgIpc) is 2.51. The molecule has 0 radical (unpaired) electrons. The molecule has 0 heterocycles. The lowest BCUT2D eigenvalue weighted by molar-refractivity contribution is 0.181. The molecule has 0 bridgehead atoms. The van der Waals surface area contributed by atoms with Gasteiger partial charge in [0, 0.05) is 20.2 Å². The predicted molar refractivity (Wildman–Crippen MR) is 87.1 cm³/mol. The summed E-state index contributed by atoms with van der Waals surface area (Å²) in [5.74, 6) is -0.0799. The highest BCUT2D eigenvalue weighted by molar-refractivity contribution is 5.19. The topological polar surface area (TPSA) is 21.3 Å². The second kappa shape index (κ2) is 9.91. The molecule has 1 aromatic carbocycles. The Bertz CT molecular complexity index is 397. The van der Waals surface area contributed by atoms with Crippen LogP contribution in [0.15, 0.2) is 24.3 Å². The van der Waals surface area contributed by atoms with Crippen LogP contribution in [0.2, 0.25) is 0 Å². The summed E-state index contributed by atoms with van der Waals surface area (Å²) in [7, 11) is 1.71. The normalized spacial score (nSPS) is 14.1. The Morgan fingerprint density at radius 2 is 2.00 bits per heavy atom. The van der Waals surface area contributed by atoms with E-state index in [2.05, 4.69) is 19.2 Å². The second-order valence-electron chi connectivity index (χ2n) is 5.89. The number of benzene rings is 1. The molecular formula is C18H30FNO. The van der Waals surface area contributed by atoms with Gasteiger partial charge >= 0.3 is 0 Å². The molecule has 0 fully saturated rings. The van der Waals surface area contributed by atoms with Crippen LogP contribution in [0.3, 0.4) is 0 Å². The van der Waals surface area contributed by atoms with Gasteiger partial charge in [0.15, 0.2) is 0 Å². The molecule has 1 N–H and O–H groups in total. The maximum Gasteiger partial charge on any atom is 0.126 e. The van der Waals surface area contributed by atoms with Crippen LogP contribution in [-0.2, 0) is 11.2 Å². The predicted octanol–water partition coefficient (Wildman–Crippen LogP) is 4.19. The van der Waals surface area contributed by atoms with E-state index in [4.69, 9.17) is 4.74 Å². The molecule has 0 saturated heterocycles. The van der Waals surface area contributed by atoms with Crippen molar-refractivity contribution in [2.45, 2.75) is 46.0 Å². The number of hydrogen-bond acceptors (Lipinski definition) is 2. The molecule has 1 unspecified atom stereocenters. The highest BCUT2D eigenvalue weighted by atomic mass is 19.1. The van der Waals surface area contributed by atoms with E-state index in [9.17, 15) is 4.39 Å². The lowest BCUT2D eigenvalue weighted by Gasteiger charge is -2.34. The number of methoxy groups -OCH3 is 1. The first-order chi connectivity index (χ1) is 10.2. The van der Waals surface area contributed by atoms with Gasteiger partial charge in [0.25, 0.3) is 0 Å². The summed E-state index contributed by atoms with van der Waals surface area (Å²) in [6, 6.07) is 7.17. The Labute approximate surface area is 129 Å². The first-order valence-corrected chi connectivity index (χ1v) is 8.10. The van der Waals surface area contributed by atoms with Crippen molar-refractivity contribution >= 4 is 0 Å². The van der Waals surface area contributed by atoms with E-state index in [1.54, 1.807) is 19.2 Å². The molecule has 1 aromatic rings. The Hall–Kier alpha value is -0.930. The van der Waals surface area contributed by atoms with Gasteiger partial charge in [0.2, 0.25) is 0 Å². The van der Waals surface area contributed by atoms with E-state index in [1.165, 1.54) is 12.8 Å². The smallest absolute Gasteiger partial charge is 0.126 e. The molecule has 1 atom stereocenters. The summed E-state index contributed by atoms with van der Waals surface area (Å²) in [6.07, 6.45) is 5.36. The summed E-state index contributed by atoms with van der Waals surface area (Å²) in [5.41, 5.74) is 0.968. The molecule has 3 heteroatoms. The Morgan fingerprint density at radius 3 is 2.62 bits per heavy atom. The third-order valence-electron chi connectivity index (χ3n) is 4.32.